The van der Waals surface area contributed by atoms with E-state index < -0.39 is 0 Å². The van der Waals surface area contributed by atoms with Gasteiger partial charge in [-0.25, -0.2) is 9.67 Å². The molecule has 2 aromatic heterocycles. The molecule has 0 aliphatic carbocycles. The molecule has 0 bridgehead atoms. The van der Waals surface area contributed by atoms with Crippen LogP contribution in [0.25, 0.3) is 10.3 Å². The van der Waals surface area contributed by atoms with Crippen LogP contribution >= 0.6 is 11.3 Å². The Hall–Kier alpha value is -1.14. The highest BCUT2D eigenvalue weighted by Gasteiger charge is 2.27. The number of rotatable bonds is 3. The average molecular weight is 266 g/mol. The third kappa shape index (κ3) is 1.80. The topological polar surface area (TPSA) is 54.2 Å². The maximum Gasteiger partial charge on any atom is 0.188 e. The number of aryl methyl sites for hydroxylation is 2. The van der Waals surface area contributed by atoms with Crippen molar-refractivity contribution in [2.75, 3.05) is 18.1 Å². The monoisotopic (exact) mass is 266 g/mol. The van der Waals surface area contributed by atoms with Gasteiger partial charge in [-0.1, -0.05) is 11.3 Å². The van der Waals surface area contributed by atoms with Crippen LogP contribution < -0.4 is 4.90 Å². The van der Waals surface area contributed by atoms with Gasteiger partial charge < -0.3 is 10.0 Å². The molecule has 1 aliphatic rings. The molecule has 0 spiro atoms. The van der Waals surface area contributed by atoms with Crippen molar-refractivity contribution in [3.8, 4) is 0 Å². The summed E-state index contributed by atoms with van der Waals surface area (Å²) in [7, 11) is 1.94. The Labute approximate surface area is 110 Å². The summed E-state index contributed by atoms with van der Waals surface area (Å²) in [6.07, 6.45) is 3.19. The largest absolute Gasteiger partial charge is 0.396 e. The number of fused-ring (bicyclic) bond motifs is 1. The summed E-state index contributed by atoms with van der Waals surface area (Å²) in [6.45, 7) is 3.34. The Morgan fingerprint density at radius 1 is 1.50 bits per heavy atom. The molecule has 0 saturated carbocycles. The molecule has 98 valence electrons. The molecule has 5 nitrogen and oxygen atoms in total. The first kappa shape index (κ1) is 11.9. The number of aliphatic hydroxyl groups excluding tert-OH is 1. The minimum atomic E-state index is 0.257. The van der Waals surface area contributed by atoms with Gasteiger partial charge in [0.25, 0.3) is 0 Å². The molecule has 1 atom stereocenters. The Bertz CT molecular complexity index is 527. The molecular weight excluding hydrogens is 248 g/mol. The Morgan fingerprint density at radius 3 is 3.06 bits per heavy atom. The summed E-state index contributed by atoms with van der Waals surface area (Å²) in [5.74, 6) is 0. The Kier molecular flexibility index (Phi) is 2.99. The van der Waals surface area contributed by atoms with Crippen LogP contribution in [0.4, 0.5) is 5.13 Å². The standard InChI is InChI=1S/C12H18N4OS/c1-8-10-11(15(2)14-8)13-12(18-10)16-6-3-4-9(16)5-7-17/h9,17H,3-7H2,1-2H3/t9-/m1/s1. The van der Waals surface area contributed by atoms with E-state index in [9.17, 15) is 0 Å². The zero-order valence-corrected chi connectivity index (χ0v) is 11.6. The molecular formula is C12H18N4OS. The number of hydrogen-bond donors (Lipinski definition) is 1. The molecule has 0 aromatic carbocycles. The lowest BCUT2D eigenvalue weighted by molar-refractivity contribution is 0.276. The maximum atomic E-state index is 9.12. The van der Waals surface area contributed by atoms with Crippen molar-refractivity contribution in [1.29, 1.82) is 0 Å². The molecule has 1 aliphatic heterocycles. The van der Waals surface area contributed by atoms with Crippen LogP contribution in [0.15, 0.2) is 0 Å². The van der Waals surface area contributed by atoms with E-state index in [0.29, 0.717) is 6.04 Å². The van der Waals surface area contributed by atoms with E-state index in [1.807, 2.05) is 18.7 Å². The van der Waals surface area contributed by atoms with Gasteiger partial charge in [-0.2, -0.15) is 5.10 Å². The molecule has 0 radical (unpaired) electrons. The van der Waals surface area contributed by atoms with E-state index in [1.54, 1.807) is 11.3 Å². The van der Waals surface area contributed by atoms with Gasteiger partial charge in [0, 0.05) is 26.2 Å². The zero-order valence-electron chi connectivity index (χ0n) is 10.8. The number of nitrogens with zero attached hydrogens (tertiary/aromatic N) is 4. The first-order valence-electron chi connectivity index (χ1n) is 6.38. The van der Waals surface area contributed by atoms with Crippen LogP contribution in [-0.2, 0) is 7.05 Å². The van der Waals surface area contributed by atoms with Crippen molar-refractivity contribution < 1.29 is 5.11 Å². The van der Waals surface area contributed by atoms with Crippen molar-refractivity contribution in [1.82, 2.24) is 14.8 Å². The molecule has 18 heavy (non-hydrogen) atoms. The van der Waals surface area contributed by atoms with Crippen molar-refractivity contribution in [2.45, 2.75) is 32.2 Å². The number of thiazole rings is 1. The summed E-state index contributed by atoms with van der Waals surface area (Å²) >= 11 is 1.72. The molecule has 2 aromatic rings. The van der Waals surface area contributed by atoms with Gasteiger partial charge in [-0.05, 0) is 26.2 Å². The molecule has 0 unspecified atom stereocenters. The Balaban J connectivity index is 1.96. The molecule has 3 heterocycles. The predicted molar refractivity (Wildman–Crippen MR) is 73.2 cm³/mol. The lowest BCUT2D eigenvalue weighted by Gasteiger charge is -2.23. The lowest BCUT2D eigenvalue weighted by atomic mass is 10.2. The molecule has 6 heteroatoms. The number of aliphatic hydroxyl groups is 1. The van der Waals surface area contributed by atoms with E-state index in [0.717, 1.165) is 35.9 Å². The fourth-order valence-electron chi connectivity index (χ4n) is 2.73. The van der Waals surface area contributed by atoms with Crippen molar-refractivity contribution >= 4 is 26.8 Å². The predicted octanol–water partition coefficient (Wildman–Crippen LogP) is 1.69. The number of anilines is 1. The second-order valence-corrected chi connectivity index (χ2v) is 5.84. The van der Waals surface area contributed by atoms with Gasteiger partial charge in [-0.15, -0.1) is 0 Å². The normalized spacial score (nSPS) is 20.2. The van der Waals surface area contributed by atoms with Gasteiger partial charge >= 0.3 is 0 Å². The number of aromatic nitrogens is 3. The van der Waals surface area contributed by atoms with Gasteiger partial charge in [0.15, 0.2) is 10.8 Å². The maximum absolute atomic E-state index is 9.12. The summed E-state index contributed by atoms with van der Waals surface area (Å²) in [6, 6.07) is 0.448. The fourth-order valence-corrected chi connectivity index (χ4v) is 3.86. The van der Waals surface area contributed by atoms with E-state index >= 15 is 0 Å². The van der Waals surface area contributed by atoms with E-state index in [2.05, 4.69) is 10.00 Å². The quantitative estimate of drug-likeness (QED) is 0.918. The van der Waals surface area contributed by atoms with Gasteiger partial charge in [-0.3, -0.25) is 0 Å². The first-order valence-corrected chi connectivity index (χ1v) is 7.20. The summed E-state index contributed by atoms with van der Waals surface area (Å²) in [5.41, 5.74) is 2.02. The summed E-state index contributed by atoms with van der Waals surface area (Å²) in [5, 5.41) is 14.6. The third-order valence-corrected chi connectivity index (χ3v) is 4.81. The van der Waals surface area contributed by atoms with E-state index in [1.165, 1.54) is 11.1 Å². The van der Waals surface area contributed by atoms with Crippen molar-refractivity contribution in [3.05, 3.63) is 5.69 Å². The van der Waals surface area contributed by atoms with Gasteiger partial charge in [0.2, 0.25) is 0 Å². The van der Waals surface area contributed by atoms with Crippen LogP contribution in [0.2, 0.25) is 0 Å². The molecule has 0 amide bonds. The summed E-state index contributed by atoms with van der Waals surface area (Å²) < 4.78 is 3.03. The first-order chi connectivity index (χ1) is 8.70. The fraction of sp³-hybridized carbons (Fsp3) is 0.667. The second-order valence-electron chi connectivity index (χ2n) is 4.86. The minimum Gasteiger partial charge on any atom is -0.396 e. The molecule has 1 N–H and O–H groups in total. The van der Waals surface area contributed by atoms with Gasteiger partial charge in [0.05, 0.1) is 10.4 Å². The number of hydrogen-bond acceptors (Lipinski definition) is 5. The van der Waals surface area contributed by atoms with Crippen LogP contribution in [0, 0.1) is 6.92 Å². The Morgan fingerprint density at radius 2 is 2.33 bits per heavy atom. The molecule has 1 fully saturated rings. The van der Waals surface area contributed by atoms with Crippen molar-refractivity contribution in [2.24, 2.45) is 7.05 Å². The summed E-state index contributed by atoms with van der Waals surface area (Å²) in [4.78, 5) is 7.06. The van der Waals surface area contributed by atoms with E-state index in [-0.39, 0.29) is 6.61 Å². The van der Waals surface area contributed by atoms with Crippen LogP contribution in [0.5, 0.6) is 0 Å². The van der Waals surface area contributed by atoms with Crippen molar-refractivity contribution in [3.63, 3.8) is 0 Å². The highest BCUT2D eigenvalue weighted by atomic mass is 32.1. The average Bonchev–Trinajstić information content (AvgIpc) is 2.98. The SMILES string of the molecule is Cc1nn(C)c2nc(N3CCC[C@@H]3CCO)sc12. The third-order valence-electron chi connectivity index (χ3n) is 3.62. The zero-order chi connectivity index (χ0) is 12.7. The van der Waals surface area contributed by atoms with Crippen LogP contribution in [0.1, 0.15) is 25.0 Å². The van der Waals surface area contributed by atoms with Crippen LogP contribution in [0.3, 0.4) is 0 Å². The molecule has 3 rings (SSSR count). The van der Waals surface area contributed by atoms with Gasteiger partial charge in [0.1, 0.15) is 0 Å². The second kappa shape index (κ2) is 4.51. The highest BCUT2D eigenvalue weighted by Crippen LogP contribution is 2.35. The minimum absolute atomic E-state index is 0.257. The lowest BCUT2D eigenvalue weighted by Crippen LogP contribution is -2.29. The van der Waals surface area contributed by atoms with E-state index in [4.69, 9.17) is 10.1 Å². The molecule has 1 saturated heterocycles. The van der Waals surface area contributed by atoms with Crippen LogP contribution in [-0.4, -0.2) is 39.1 Å². The highest BCUT2D eigenvalue weighted by molar-refractivity contribution is 7.22. The smallest absolute Gasteiger partial charge is 0.188 e.